The first kappa shape index (κ1) is 30.3. The van der Waals surface area contributed by atoms with E-state index >= 15 is 0 Å². The molecule has 3 aromatic carbocycles. The molecular formula is C33H39ClN6O3. The Morgan fingerprint density at radius 1 is 1.02 bits per heavy atom. The number of piperazine rings is 1. The number of nitrogens with zero attached hydrogens (tertiary/aromatic N) is 3. The number of amides is 3. The van der Waals surface area contributed by atoms with Crippen LogP contribution in [-0.2, 0) is 11.3 Å². The second-order valence-electron chi connectivity index (χ2n) is 11.2. The molecule has 1 fully saturated rings. The van der Waals surface area contributed by atoms with Crippen LogP contribution in [0.25, 0.3) is 10.9 Å². The molecule has 2 atom stereocenters. The van der Waals surface area contributed by atoms with Gasteiger partial charge < -0.3 is 35.1 Å². The molecule has 226 valence electrons. The van der Waals surface area contributed by atoms with Gasteiger partial charge in [0.15, 0.2) is 0 Å². The van der Waals surface area contributed by atoms with Gasteiger partial charge in [-0.2, -0.15) is 0 Å². The van der Waals surface area contributed by atoms with Crippen LogP contribution in [-0.4, -0.2) is 80.1 Å². The normalized spacial score (nSPS) is 14.9. The summed E-state index contributed by atoms with van der Waals surface area (Å²) in [6.45, 7) is 5.05. The topological polar surface area (TPSA) is 92.9 Å². The number of nitrogens with one attached hydrogen (secondary N) is 3. The van der Waals surface area contributed by atoms with Crippen molar-refractivity contribution in [3.05, 3.63) is 89.1 Å². The first-order valence-corrected chi connectivity index (χ1v) is 14.9. The first-order chi connectivity index (χ1) is 20.7. The molecule has 1 aromatic heterocycles. The lowest BCUT2D eigenvalue weighted by Gasteiger charge is -2.37. The number of carbonyl (C=O) groups is 2. The number of aromatic amines is 1. The third-order valence-corrected chi connectivity index (χ3v) is 8.17. The summed E-state index contributed by atoms with van der Waals surface area (Å²) < 4.78 is 5.56. The van der Waals surface area contributed by atoms with Gasteiger partial charge in [-0.15, -0.1) is 0 Å². The number of anilines is 2. The summed E-state index contributed by atoms with van der Waals surface area (Å²) in [7, 11) is 5.56. The van der Waals surface area contributed by atoms with Crippen molar-refractivity contribution in [3.8, 4) is 5.75 Å². The summed E-state index contributed by atoms with van der Waals surface area (Å²) in [6.07, 6.45) is 1.92. The van der Waals surface area contributed by atoms with Crippen molar-refractivity contribution in [2.24, 2.45) is 0 Å². The molecule has 1 saturated heterocycles. The lowest BCUT2D eigenvalue weighted by Crippen LogP contribution is -2.56. The molecule has 1 aliphatic heterocycles. The Balaban J connectivity index is 1.37. The van der Waals surface area contributed by atoms with E-state index in [-0.39, 0.29) is 17.9 Å². The van der Waals surface area contributed by atoms with Crippen molar-refractivity contribution in [2.75, 3.05) is 57.6 Å². The lowest BCUT2D eigenvalue weighted by atomic mass is 9.92. The van der Waals surface area contributed by atoms with Gasteiger partial charge in [0, 0.05) is 66.5 Å². The Kier molecular flexibility index (Phi) is 9.43. The van der Waals surface area contributed by atoms with E-state index in [2.05, 4.69) is 25.4 Å². The van der Waals surface area contributed by atoms with Gasteiger partial charge in [0.25, 0.3) is 0 Å². The number of hydrogen-bond donors (Lipinski definition) is 3. The summed E-state index contributed by atoms with van der Waals surface area (Å²) in [6, 6.07) is 20.3. The average Bonchev–Trinajstić information content (AvgIpc) is 3.44. The minimum atomic E-state index is -0.847. The number of fused-ring (bicyclic) bond motifs is 1. The number of aromatic nitrogens is 1. The molecule has 0 aliphatic carbocycles. The van der Waals surface area contributed by atoms with Gasteiger partial charge in [0.2, 0.25) is 5.91 Å². The van der Waals surface area contributed by atoms with Gasteiger partial charge in [-0.3, -0.25) is 4.79 Å². The Morgan fingerprint density at radius 2 is 1.79 bits per heavy atom. The zero-order valence-corrected chi connectivity index (χ0v) is 25.8. The Morgan fingerprint density at radius 3 is 2.51 bits per heavy atom. The quantitative estimate of drug-likeness (QED) is 0.234. The zero-order chi connectivity index (χ0) is 30.5. The lowest BCUT2D eigenvalue weighted by molar-refractivity contribution is -0.118. The number of carbonyl (C=O) groups excluding carboxylic acids is 2. The van der Waals surface area contributed by atoms with E-state index in [1.165, 1.54) is 0 Å². The number of ether oxygens (including phenoxy) is 1. The van der Waals surface area contributed by atoms with E-state index in [4.69, 9.17) is 16.3 Å². The predicted molar refractivity (Wildman–Crippen MR) is 173 cm³/mol. The highest BCUT2D eigenvalue weighted by Gasteiger charge is 2.32. The van der Waals surface area contributed by atoms with Crippen molar-refractivity contribution in [3.63, 3.8) is 0 Å². The summed E-state index contributed by atoms with van der Waals surface area (Å²) in [5, 5.41) is 7.84. The zero-order valence-electron chi connectivity index (χ0n) is 25.1. The standard InChI is InChI=1S/C33H39ClN6O3/c1-22(27-20-35-28-11-6-5-10-26(27)28)31(32(41)36-29-18-23(21-38(2)3)12-13-30(29)43-4)37-33(42)40-16-14-39(15-17-40)25-9-7-8-24(34)19-25/h5-13,18-20,22,31,35H,14-17,21H2,1-4H3,(H,36,41)(H,37,42)/t22-,31-/m1/s1. The van der Waals surface area contributed by atoms with E-state index < -0.39 is 6.04 Å². The van der Waals surface area contributed by atoms with Crippen molar-refractivity contribution in [1.82, 2.24) is 20.1 Å². The summed E-state index contributed by atoms with van der Waals surface area (Å²) in [4.78, 5) is 37.0. The fraction of sp³-hybridized carbons (Fsp3) is 0.333. The second-order valence-corrected chi connectivity index (χ2v) is 11.7. The molecule has 0 saturated carbocycles. The average molecular weight is 603 g/mol. The van der Waals surface area contributed by atoms with Crippen LogP contribution in [0.2, 0.25) is 5.02 Å². The molecule has 9 nitrogen and oxygen atoms in total. The molecule has 43 heavy (non-hydrogen) atoms. The summed E-state index contributed by atoms with van der Waals surface area (Å²) >= 11 is 6.19. The van der Waals surface area contributed by atoms with E-state index in [0.29, 0.717) is 49.2 Å². The molecule has 10 heteroatoms. The van der Waals surface area contributed by atoms with Gasteiger partial charge in [-0.1, -0.05) is 48.9 Å². The summed E-state index contributed by atoms with van der Waals surface area (Å²) in [5.41, 5.74) is 4.56. The highest BCUT2D eigenvalue weighted by Crippen LogP contribution is 2.31. The van der Waals surface area contributed by atoms with Crippen molar-refractivity contribution >= 4 is 45.8 Å². The molecule has 3 N–H and O–H groups in total. The number of H-pyrrole nitrogens is 1. The molecule has 0 spiro atoms. The van der Waals surface area contributed by atoms with Crippen LogP contribution < -0.4 is 20.3 Å². The van der Waals surface area contributed by atoms with Crippen LogP contribution in [0.1, 0.15) is 24.0 Å². The third-order valence-electron chi connectivity index (χ3n) is 7.93. The number of urea groups is 1. The van der Waals surface area contributed by atoms with Crippen molar-refractivity contribution < 1.29 is 14.3 Å². The predicted octanol–water partition coefficient (Wildman–Crippen LogP) is 5.53. The number of benzene rings is 3. The Hall–Kier alpha value is -4.21. The smallest absolute Gasteiger partial charge is 0.318 e. The summed E-state index contributed by atoms with van der Waals surface area (Å²) in [5.74, 6) is -0.0920. The first-order valence-electron chi connectivity index (χ1n) is 14.5. The fourth-order valence-corrected chi connectivity index (χ4v) is 5.84. The monoisotopic (exact) mass is 602 g/mol. The number of rotatable bonds is 9. The van der Waals surface area contributed by atoms with Gasteiger partial charge in [0.1, 0.15) is 11.8 Å². The highest BCUT2D eigenvalue weighted by atomic mass is 35.5. The van der Waals surface area contributed by atoms with E-state index in [0.717, 1.165) is 27.7 Å². The second kappa shape index (κ2) is 13.4. The Labute approximate surface area is 257 Å². The van der Waals surface area contributed by atoms with Gasteiger partial charge in [0.05, 0.1) is 12.8 Å². The number of para-hydroxylation sites is 1. The van der Waals surface area contributed by atoms with Crippen molar-refractivity contribution in [2.45, 2.75) is 25.4 Å². The van der Waals surface area contributed by atoms with E-state index in [1.54, 1.807) is 12.0 Å². The van der Waals surface area contributed by atoms with Gasteiger partial charge in [-0.25, -0.2) is 4.79 Å². The van der Waals surface area contributed by atoms with Crippen LogP contribution in [0.15, 0.2) is 72.9 Å². The van der Waals surface area contributed by atoms with Crippen LogP contribution in [0.4, 0.5) is 16.2 Å². The highest BCUT2D eigenvalue weighted by molar-refractivity contribution is 6.30. The Bertz CT molecular complexity index is 1580. The number of halogens is 1. The van der Waals surface area contributed by atoms with Gasteiger partial charge >= 0.3 is 6.03 Å². The molecule has 5 rings (SSSR count). The largest absolute Gasteiger partial charge is 0.495 e. The van der Waals surface area contributed by atoms with Crippen LogP contribution >= 0.6 is 11.6 Å². The molecule has 0 unspecified atom stereocenters. The molecule has 4 aromatic rings. The number of methoxy groups -OCH3 is 1. The van der Waals surface area contributed by atoms with E-state index in [1.807, 2.05) is 93.9 Å². The number of hydrogen-bond acceptors (Lipinski definition) is 5. The molecule has 0 bridgehead atoms. The molecular weight excluding hydrogens is 564 g/mol. The maximum absolute atomic E-state index is 14.0. The van der Waals surface area contributed by atoms with E-state index in [9.17, 15) is 9.59 Å². The molecule has 3 amide bonds. The molecule has 2 heterocycles. The molecule has 0 radical (unpaired) electrons. The maximum Gasteiger partial charge on any atom is 0.318 e. The van der Waals surface area contributed by atoms with Gasteiger partial charge in [-0.05, 0) is 61.6 Å². The van der Waals surface area contributed by atoms with Crippen LogP contribution in [0.5, 0.6) is 5.75 Å². The van der Waals surface area contributed by atoms with Crippen molar-refractivity contribution in [1.29, 1.82) is 0 Å². The van der Waals surface area contributed by atoms with Crippen LogP contribution in [0, 0.1) is 0 Å². The maximum atomic E-state index is 14.0. The minimum absolute atomic E-state index is 0.272. The molecule has 1 aliphatic rings. The van der Waals surface area contributed by atoms with Crippen LogP contribution in [0.3, 0.4) is 0 Å². The third kappa shape index (κ3) is 7.06. The minimum Gasteiger partial charge on any atom is -0.495 e. The fourth-order valence-electron chi connectivity index (χ4n) is 5.66. The SMILES string of the molecule is COc1ccc(CN(C)C)cc1NC(=O)[C@H](NC(=O)N1CCN(c2cccc(Cl)c2)CC1)[C@H](C)c1c[nH]c2ccccc12.